The molecule has 2 N–H and O–H groups in total. The largest absolute Gasteiger partial charge is 0.396 e. The number of hydrogen-bond acceptors (Lipinski definition) is 3. The quantitative estimate of drug-likeness (QED) is 0.887. The fourth-order valence-corrected chi connectivity index (χ4v) is 2.84. The Morgan fingerprint density at radius 2 is 2.06 bits per heavy atom. The van der Waals surface area contributed by atoms with Gasteiger partial charge in [0, 0.05) is 18.8 Å². The summed E-state index contributed by atoms with van der Waals surface area (Å²) in [6.45, 7) is 7.60. The van der Waals surface area contributed by atoms with Gasteiger partial charge >= 0.3 is 0 Å². The summed E-state index contributed by atoms with van der Waals surface area (Å²) in [5, 5.41) is 0. The van der Waals surface area contributed by atoms with Crippen molar-refractivity contribution in [2.24, 2.45) is 5.92 Å². The zero-order valence-electron chi connectivity index (χ0n) is 11.8. The Hall–Kier alpha value is -1.25. The molecule has 100 valence electrons. The van der Waals surface area contributed by atoms with E-state index in [1.165, 1.54) is 25.7 Å². The summed E-state index contributed by atoms with van der Waals surface area (Å²) < 4.78 is 0. The standard InChI is InChI=1S/C15H25N3/c1-11(2)10-18(13-6-4-5-7-13)15-14(16)8-12(3)9-17-15/h8-9,11,13H,4-7,10,16H2,1-3H3. The molecule has 0 bridgehead atoms. The van der Waals surface area contributed by atoms with Crippen LogP contribution in [0, 0.1) is 12.8 Å². The van der Waals surface area contributed by atoms with Crippen LogP contribution in [0.3, 0.4) is 0 Å². The van der Waals surface area contributed by atoms with Gasteiger partial charge < -0.3 is 10.6 Å². The number of nitrogens with zero attached hydrogens (tertiary/aromatic N) is 2. The van der Waals surface area contributed by atoms with Crippen molar-refractivity contribution < 1.29 is 0 Å². The van der Waals surface area contributed by atoms with Gasteiger partial charge in [-0.05, 0) is 37.3 Å². The Labute approximate surface area is 110 Å². The number of aromatic nitrogens is 1. The van der Waals surface area contributed by atoms with Crippen LogP contribution < -0.4 is 10.6 Å². The Kier molecular flexibility index (Phi) is 4.10. The molecule has 0 amide bonds. The molecule has 0 unspecified atom stereocenters. The molecular weight excluding hydrogens is 222 g/mol. The second-order valence-corrected chi connectivity index (χ2v) is 5.91. The van der Waals surface area contributed by atoms with Gasteiger partial charge in [0.1, 0.15) is 0 Å². The summed E-state index contributed by atoms with van der Waals surface area (Å²) in [5.74, 6) is 1.62. The summed E-state index contributed by atoms with van der Waals surface area (Å²) in [5.41, 5.74) is 8.11. The van der Waals surface area contributed by atoms with Gasteiger partial charge in [0.25, 0.3) is 0 Å². The zero-order valence-corrected chi connectivity index (χ0v) is 11.8. The van der Waals surface area contributed by atoms with Crippen LogP contribution in [0.25, 0.3) is 0 Å². The highest BCUT2D eigenvalue weighted by Gasteiger charge is 2.25. The van der Waals surface area contributed by atoms with E-state index in [1.54, 1.807) is 0 Å². The number of hydrogen-bond donors (Lipinski definition) is 1. The molecule has 0 aliphatic heterocycles. The van der Waals surface area contributed by atoms with Crippen molar-refractivity contribution in [3.8, 4) is 0 Å². The monoisotopic (exact) mass is 247 g/mol. The Morgan fingerprint density at radius 1 is 1.39 bits per heavy atom. The first kappa shape index (κ1) is 13.2. The second-order valence-electron chi connectivity index (χ2n) is 5.91. The number of nitrogens with two attached hydrogens (primary N) is 1. The fraction of sp³-hybridized carbons (Fsp3) is 0.667. The molecule has 1 aliphatic carbocycles. The summed E-state index contributed by atoms with van der Waals surface area (Å²) in [6.07, 6.45) is 7.16. The lowest BCUT2D eigenvalue weighted by Crippen LogP contribution is -2.37. The number of aryl methyl sites for hydroxylation is 1. The fourth-order valence-electron chi connectivity index (χ4n) is 2.84. The molecule has 0 spiro atoms. The average Bonchev–Trinajstić information content (AvgIpc) is 2.79. The number of rotatable bonds is 4. The average molecular weight is 247 g/mol. The molecule has 1 aromatic heterocycles. The molecule has 0 saturated heterocycles. The second kappa shape index (κ2) is 5.59. The molecule has 2 rings (SSSR count). The van der Waals surface area contributed by atoms with Crippen molar-refractivity contribution in [1.29, 1.82) is 0 Å². The lowest BCUT2D eigenvalue weighted by molar-refractivity contribution is 0.532. The minimum absolute atomic E-state index is 0.630. The van der Waals surface area contributed by atoms with Crippen LogP contribution in [-0.4, -0.2) is 17.6 Å². The first-order valence-corrected chi connectivity index (χ1v) is 7.06. The number of pyridine rings is 1. The van der Waals surface area contributed by atoms with Crippen molar-refractivity contribution in [3.05, 3.63) is 17.8 Å². The first-order chi connectivity index (χ1) is 8.58. The van der Waals surface area contributed by atoms with Gasteiger partial charge in [0.05, 0.1) is 5.69 Å². The number of anilines is 2. The SMILES string of the molecule is Cc1cnc(N(CC(C)C)C2CCCC2)c(N)c1. The van der Waals surface area contributed by atoms with Gasteiger partial charge in [-0.2, -0.15) is 0 Å². The molecule has 0 aromatic carbocycles. The summed E-state index contributed by atoms with van der Waals surface area (Å²) in [4.78, 5) is 7.01. The van der Waals surface area contributed by atoms with Crippen LogP contribution in [0.4, 0.5) is 11.5 Å². The van der Waals surface area contributed by atoms with Crippen LogP contribution in [0.2, 0.25) is 0 Å². The van der Waals surface area contributed by atoms with Gasteiger partial charge in [-0.3, -0.25) is 0 Å². The Balaban J connectivity index is 2.26. The third-order valence-electron chi connectivity index (χ3n) is 3.63. The highest BCUT2D eigenvalue weighted by atomic mass is 15.2. The van der Waals surface area contributed by atoms with E-state index < -0.39 is 0 Å². The predicted octanol–water partition coefficient (Wildman–Crippen LogP) is 3.38. The highest BCUT2D eigenvalue weighted by Crippen LogP contribution is 2.31. The van der Waals surface area contributed by atoms with Crippen molar-refractivity contribution in [3.63, 3.8) is 0 Å². The first-order valence-electron chi connectivity index (χ1n) is 7.06. The van der Waals surface area contributed by atoms with Gasteiger partial charge in [-0.25, -0.2) is 4.98 Å². The molecule has 1 heterocycles. The molecule has 1 fully saturated rings. The third-order valence-corrected chi connectivity index (χ3v) is 3.63. The summed E-state index contributed by atoms with van der Waals surface area (Å²) in [7, 11) is 0. The van der Waals surface area contributed by atoms with E-state index in [9.17, 15) is 0 Å². The van der Waals surface area contributed by atoms with E-state index in [2.05, 4.69) is 23.7 Å². The minimum atomic E-state index is 0.630. The van der Waals surface area contributed by atoms with Crippen LogP contribution in [-0.2, 0) is 0 Å². The molecule has 3 heteroatoms. The Bertz CT molecular complexity index is 395. The van der Waals surface area contributed by atoms with Crippen molar-refractivity contribution >= 4 is 11.5 Å². The molecule has 3 nitrogen and oxygen atoms in total. The van der Waals surface area contributed by atoms with E-state index in [0.717, 1.165) is 23.6 Å². The number of nitrogen functional groups attached to an aromatic ring is 1. The van der Waals surface area contributed by atoms with E-state index in [-0.39, 0.29) is 0 Å². The third kappa shape index (κ3) is 2.95. The summed E-state index contributed by atoms with van der Waals surface area (Å²) >= 11 is 0. The van der Waals surface area contributed by atoms with Gasteiger partial charge in [-0.1, -0.05) is 26.7 Å². The van der Waals surface area contributed by atoms with Crippen molar-refractivity contribution in [2.75, 3.05) is 17.2 Å². The molecule has 0 atom stereocenters. The van der Waals surface area contributed by atoms with Crippen LogP contribution >= 0.6 is 0 Å². The van der Waals surface area contributed by atoms with Gasteiger partial charge in [-0.15, -0.1) is 0 Å². The zero-order chi connectivity index (χ0) is 13.1. The van der Waals surface area contributed by atoms with E-state index in [1.807, 2.05) is 19.2 Å². The normalized spacial score (nSPS) is 16.4. The van der Waals surface area contributed by atoms with Crippen LogP contribution in [0.1, 0.15) is 45.1 Å². The van der Waals surface area contributed by atoms with Crippen molar-refractivity contribution in [2.45, 2.75) is 52.5 Å². The minimum Gasteiger partial charge on any atom is -0.396 e. The van der Waals surface area contributed by atoms with Crippen LogP contribution in [0.5, 0.6) is 0 Å². The topological polar surface area (TPSA) is 42.2 Å². The summed E-state index contributed by atoms with van der Waals surface area (Å²) in [6, 6.07) is 2.66. The van der Waals surface area contributed by atoms with Crippen LogP contribution in [0.15, 0.2) is 12.3 Å². The maximum atomic E-state index is 6.16. The van der Waals surface area contributed by atoms with E-state index in [0.29, 0.717) is 12.0 Å². The molecule has 1 saturated carbocycles. The molecule has 18 heavy (non-hydrogen) atoms. The smallest absolute Gasteiger partial charge is 0.152 e. The van der Waals surface area contributed by atoms with Crippen molar-refractivity contribution in [1.82, 2.24) is 4.98 Å². The van der Waals surface area contributed by atoms with E-state index >= 15 is 0 Å². The van der Waals surface area contributed by atoms with E-state index in [4.69, 9.17) is 5.73 Å². The predicted molar refractivity (Wildman–Crippen MR) is 77.8 cm³/mol. The maximum absolute atomic E-state index is 6.16. The van der Waals surface area contributed by atoms with Gasteiger partial charge in [0.15, 0.2) is 5.82 Å². The van der Waals surface area contributed by atoms with Gasteiger partial charge in [0.2, 0.25) is 0 Å². The molecular formula is C15H25N3. The lowest BCUT2D eigenvalue weighted by atomic mass is 10.1. The Morgan fingerprint density at radius 3 is 2.61 bits per heavy atom. The molecule has 1 aromatic rings. The lowest BCUT2D eigenvalue weighted by Gasteiger charge is -2.32. The maximum Gasteiger partial charge on any atom is 0.152 e. The molecule has 0 radical (unpaired) electrons. The molecule has 1 aliphatic rings. The highest BCUT2D eigenvalue weighted by molar-refractivity contribution is 5.63.